The molecular weight excluding hydrogens is 313 g/mol. The van der Waals surface area contributed by atoms with Crippen LogP contribution < -0.4 is 5.32 Å². The summed E-state index contributed by atoms with van der Waals surface area (Å²) in [6.07, 6.45) is 2.17. The summed E-state index contributed by atoms with van der Waals surface area (Å²) >= 11 is 3.34. The van der Waals surface area contributed by atoms with E-state index in [9.17, 15) is 9.18 Å². The van der Waals surface area contributed by atoms with Gasteiger partial charge in [-0.05, 0) is 33.6 Å². The van der Waals surface area contributed by atoms with Gasteiger partial charge < -0.3 is 5.32 Å². The molecule has 4 nitrogen and oxygen atoms in total. The van der Waals surface area contributed by atoms with Gasteiger partial charge in [-0.1, -0.05) is 19.1 Å². The molecule has 1 aromatic heterocycles. The van der Waals surface area contributed by atoms with Crippen molar-refractivity contribution < 1.29 is 9.18 Å². The SMILES string of the molecule is CCC(=O)Nc1nn(Cc2ccc(F)cc2)cc1Br. The number of hydrogen-bond donors (Lipinski definition) is 1. The predicted octanol–water partition coefficient (Wildman–Crippen LogP) is 3.18. The van der Waals surface area contributed by atoms with Crippen molar-refractivity contribution >= 4 is 27.7 Å². The lowest BCUT2D eigenvalue weighted by Gasteiger charge is -2.02. The Morgan fingerprint density at radius 1 is 1.42 bits per heavy atom. The van der Waals surface area contributed by atoms with E-state index in [0.29, 0.717) is 18.8 Å². The van der Waals surface area contributed by atoms with E-state index in [1.165, 1.54) is 12.1 Å². The molecule has 100 valence electrons. The topological polar surface area (TPSA) is 46.9 Å². The van der Waals surface area contributed by atoms with Crippen LogP contribution in [0.3, 0.4) is 0 Å². The number of amides is 1. The van der Waals surface area contributed by atoms with Gasteiger partial charge in [-0.2, -0.15) is 5.10 Å². The molecule has 1 N–H and O–H groups in total. The van der Waals surface area contributed by atoms with Gasteiger partial charge in [-0.3, -0.25) is 9.48 Å². The van der Waals surface area contributed by atoms with Crippen LogP contribution in [0.25, 0.3) is 0 Å². The fourth-order valence-electron chi connectivity index (χ4n) is 1.56. The molecule has 6 heteroatoms. The Kier molecular flexibility index (Phi) is 4.31. The van der Waals surface area contributed by atoms with Crippen LogP contribution in [0.4, 0.5) is 10.2 Å². The fraction of sp³-hybridized carbons (Fsp3) is 0.231. The zero-order valence-corrected chi connectivity index (χ0v) is 11.9. The van der Waals surface area contributed by atoms with Gasteiger partial charge in [0.05, 0.1) is 11.0 Å². The molecule has 1 amide bonds. The summed E-state index contributed by atoms with van der Waals surface area (Å²) < 4.78 is 15.2. The molecule has 0 radical (unpaired) electrons. The van der Waals surface area contributed by atoms with Crippen molar-refractivity contribution in [3.8, 4) is 0 Å². The lowest BCUT2D eigenvalue weighted by atomic mass is 10.2. The van der Waals surface area contributed by atoms with E-state index >= 15 is 0 Å². The van der Waals surface area contributed by atoms with Crippen molar-refractivity contribution in [3.63, 3.8) is 0 Å². The first-order valence-electron chi connectivity index (χ1n) is 5.85. The molecule has 1 heterocycles. The maximum Gasteiger partial charge on any atom is 0.225 e. The highest BCUT2D eigenvalue weighted by molar-refractivity contribution is 9.10. The number of carbonyl (C=O) groups excluding carboxylic acids is 1. The molecule has 2 aromatic rings. The van der Waals surface area contributed by atoms with E-state index in [2.05, 4.69) is 26.3 Å². The van der Waals surface area contributed by atoms with Gasteiger partial charge in [-0.15, -0.1) is 0 Å². The van der Waals surface area contributed by atoms with Crippen molar-refractivity contribution in [2.75, 3.05) is 5.32 Å². The van der Waals surface area contributed by atoms with Crippen LogP contribution in [0.1, 0.15) is 18.9 Å². The first-order valence-corrected chi connectivity index (χ1v) is 6.65. The highest BCUT2D eigenvalue weighted by atomic mass is 79.9. The molecule has 19 heavy (non-hydrogen) atoms. The van der Waals surface area contributed by atoms with Gasteiger partial charge in [0.1, 0.15) is 5.82 Å². The molecule has 0 saturated heterocycles. The van der Waals surface area contributed by atoms with Crippen LogP contribution in [-0.2, 0) is 11.3 Å². The highest BCUT2D eigenvalue weighted by Gasteiger charge is 2.09. The molecule has 0 bridgehead atoms. The molecule has 0 fully saturated rings. The number of anilines is 1. The lowest BCUT2D eigenvalue weighted by Crippen LogP contribution is -2.11. The minimum absolute atomic E-state index is 0.0901. The van der Waals surface area contributed by atoms with Gasteiger partial charge >= 0.3 is 0 Å². The number of rotatable bonds is 4. The van der Waals surface area contributed by atoms with Crippen LogP contribution >= 0.6 is 15.9 Å². The summed E-state index contributed by atoms with van der Waals surface area (Å²) in [6, 6.07) is 6.23. The summed E-state index contributed by atoms with van der Waals surface area (Å²) in [7, 11) is 0. The van der Waals surface area contributed by atoms with Crippen LogP contribution in [0.2, 0.25) is 0 Å². The molecular formula is C13H13BrFN3O. The Bertz CT molecular complexity index is 580. The van der Waals surface area contributed by atoms with Crippen molar-refractivity contribution in [1.29, 1.82) is 0 Å². The van der Waals surface area contributed by atoms with E-state index in [1.807, 2.05) is 0 Å². The number of carbonyl (C=O) groups is 1. The minimum Gasteiger partial charge on any atom is -0.308 e. The average molecular weight is 326 g/mol. The monoisotopic (exact) mass is 325 g/mol. The number of hydrogen-bond acceptors (Lipinski definition) is 2. The Balaban J connectivity index is 2.11. The number of aromatic nitrogens is 2. The van der Waals surface area contributed by atoms with E-state index in [1.54, 1.807) is 29.9 Å². The Morgan fingerprint density at radius 3 is 2.74 bits per heavy atom. The molecule has 0 aliphatic carbocycles. The van der Waals surface area contributed by atoms with Crippen molar-refractivity contribution in [1.82, 2.24) is 9.78 Å². The molecule has 0 aliphatic heterocycles. The van der Waals surface area contributed by atoms with Crippen LogP contribution in [0.5, 0.6) is 0 Å². The van der Waals surface area contributed by atoms with E-state index in [-0.39, 0.29) is 11.7 Å². The first-order chi connectivity index (χ1) is 9.08. The number of halogens is 2. The second-order valence-corrected chi connectivity index (χ2v) is 4.91. The minimum atomic E-state index is -0.263. The predicted molar refractivity (Wildman–Crippen MR) is 74.3 cm³/mol. The third-order valence-electron chi connectivity index (χ3n) is 2.55. The molecule has 1 aromatic carbocycles. The van der Waals surface area contributed by atoms with Gasteiger partial charge in [0.25, 0.3) is 0 Å². The number of benzene rings is 1. The van der Waals surface area contributed by atoms with E-state index in [4.69, 9.17) is 0 Å². The standard InChI is InChI=1S/C13H13BrFN3O/c1-2-12(19)16-13-11(14)8-18(17-13)7-9-3-5-10(15)6-4-9/h3-6,8H,2,7H2,1H3,(H,16,17,19). The van der Waals surface area contributed by atoms with Crippen molar-refractivity contribution in [2.45, 2.75) is 19.9 Å². The van der Waals surface area contributed by atoms with Gasteiger partial charge in [-0.25, -0.2) is 4.39 Å². The molecule has 0 spiro atoms. The lowest BCUT2D eigenvalue weighted by molar-refractivity contribution is -0.115. The van der Waals surface area contributed by atoms with Crippen LogP contribution in [0, 0.1) is 5.82 Å². The summed E-state index contributed by atoms with van der Waals surface area (Å²) in [4.78, 5) is 11.3. The summed E-state index contributed by atoms with van der Waals surface area (Å²) in [5.41, 5.74) is 0.935. The maximum atomic E-state index is 12.8. The van der Waals surface area contributed by atoms with Crippen LogP contribution in [-0.4, -0.2) is 15.7 Å². The van der Waals surface area contributed by atoms with Gasteiger partial charge in [0, 0.05) is 12.6 Å². The number of nitrogens with zero attached hydrogens (tertiary/aromatic N) is 2. The first kappa shape index (κ1) is 13.7. The third kappa shape index (κ3) is 3.64. The largest absolute Gasteiger partial charge is 0.308 e. The van der Waals surface area contributed by atoms with Gasteiger partial charge in [0.15, 0.2) is 5.82 Å². The van der Waals surface area contributed by atoms with E-state index in [0.717, 1.165) is 10.0 Å². The Morgan fingerprint density at radius 2 is 2.11 bits per heavy atom. The zero-order valence-electron chi connectivity index (χ0n) is 10.4. The summed E-state index contributed by atoms with van der Waals surface area (Å²) in [5.74, 6) is 0.142. The van der Waals surface area contributed by atoms with E-state index < -0.39 is 0 Å². The van der Waals surface area contributed by atoms with Crippen molar-refractivity contribution in [2.24, 2.45) is 0 Å². The number of nitrogens with one attached hydrogen (secondary N) is 1. The molecule has 2 rings (SSSR count). The smallest absolute Gasteiger partial charge is 0.225 e. The summed E-state index contributed by atoms with van der Waals surface area (Å²) in [5, 5.41) is 6.96. The molecule has 0 unspecified atom stereocenters. The Hall–Kier alpha value is -1.69. The second kappa shape index (κ2) is 5.97. The fourth-order valence-corrected chi connectivity index (χ4v) is 1.97. The molecule has 0 aliphatic rings. The molecule has 0 atom stereocenters. The quantitative estimate of drug-likeness (QED) is 0.938. The zero-order chi connectivity index (χ0) is 13.8. The van der Waals surface area contributed by atoms with Gasteiger partial charge in [0.2, 0.25) is 5.91 Å². The molecule has 0 saturated carbocycles. The maximum absolute atomic E-state index is 12.8. The third-order valence-corrected chi connectivity index (χ3v) is 3.13. The Labute approximate surface area is 118 Å². The summed E-state index contributed by atoms with van der Waals surface area (Å²) in [6.45, 7) is 2.29. The van der Waals surface area contributed by atoms with Crippen molar-refractivity contribution in [3.05, 3.63) is 46.3 Å². The average Bonchev–Trinajstić information content (AvgIpc) is 2.72. The normalized spacial score (nSPS) is 10.5. The highest BCUT2D eigenvalue weighted by Crippen LogP contribution is 2.20. The van der Waals surface area contributed by atoms with Crippen LogP contribution in [0.15, 0.2) is 34.9 Å². The second-order valence-electron chi connectivity index (χ2n) is 4.05.